The number of aromatic nitrogens is 1. The van der Waals surface area contributed by atoms with Crippen molar-refractivity contribution in [2.24, 2.45) is 0 Å². The molecule has 0 aliphatic carbocycles. The molecule has 1 unspecified atom stereocenters. The maximum Gasteiger partial charge on any atom is 0.253 e. The van der Waals surface area contributed by atoms with Crippen molar-refractivity contribution in [3.05, 3.63) is 82.4 Å². The molecule has 1 aromatic heterocycles. The standard InChI is InChI=1S/C21H19N3OS2/c1-2-14-8-10-15(11-9-14)12-17-13-23-21(26-17)24-19(25)18(27-20(24)22)16-6-4-3-5-7-16/h3-11,13,18,22H,2,12H2,1H3. The van der Waals surface area contributed by atoms with Crippen LogP contribution in [0.4, 0.5) is 5.13 Å². The highest BCUT2D eigenvalue weighted by molar-refractivity contribution is 8.15. The van der Waals surface area contributed by atoms with Crippen LogP contribution >= 0.6 is 23.1 Å². The van der Waals surface area contributed by atoms with Gasteiger partial charge in [0.25, 0.3) is 5.91 Å². The summed E-state index contributed by atoms with van der Waals surface area (Å²) in [6, 6.07) is 18.2. The number of nitrogens with one attached hydrogen (secondary N) is 1. The number of hydrogen-bond donors (Lipinski definition) is 1. The summed E-state index contributed by atoms with van der Waals surface area (Å²) in [5, 5.41) is 8.71. The molecular formula is C21H19N3OS2. The van der Waals surface area contributed by atoms with Crippen molar-refractivity contribution >= 4 is 39.3 Å². The summed E-state index contributed by atoms with van der Waals surface area (Å²) < 4.78 is 0. The van der Waals surface area contributed by atoms with Crippen LogP contribution in [0, 0.1) is 5.41 Å². The van der Waals surface area contributed by atoms with Crippen molar-refractivity contribution < 1.29 is 4.79 Å². The maximum absolute atomic E-state index is 12.9. The zero-order chi connectivity index (χ0) is 18.8. The SMILES string of the molecule is CCc1ccc(Cc2cnc(N3C(=N)SC(c4ccccc4)C3=O)s2)cc1. The average Bonchev–Trinajstić information content (AvgIpc) is 3.26. The smallest absolute Gasteiger partial charge is 0.253 e. The molecule has 1 N–H and O–H groups in total. The molecule has 136 valence electrons. The third kappa shape index (κ3) is 3.68. The average molecular weight is 394 g/mol. The lowest BCUT2D eigenvalue weighted by atomic mass is 10.1. The summed E-state index contributed by atoms with van der Waals surface area (Å²) in [5.74, 6) is -0.0931. The van der Waals surface area contributed by atoms with E-state index in [1.165, 1.54) is 39.1 Å². The lowest BCUT2D eigenvalue weighted by Crippen LogP contribution is -2.29. The quantitative estimate of drug-likeness (QED) is 0.660. The number of amides is 1. The molecule has 2 aromatic carbocycles. The second kappa shape index (κ2) is 7.66. The summed E-state index contributed by atoms with van der Waals surface area (Å²) in [6.45, 7) is 2.15. The van der Waals surface area contributed by atoms with Gasteiger partial charge in [0.15, 0.2) is 10.3 Å². The maximum atomic E-state index is 12.9. The number of anilines is 1. The molecule has 1 aliphatic heterocycles. The van der Waals surface area contributed by atoms with Crippen molar-refractivity contribution in [2.45, 2.75) is 25.0 Å². The Labute approximate surface area is 166 Å². The summed E-state index contributed by atoms with van der Waals surface area (Å²) in [5.41, 5.74) is 3.47. The van der Waals surface area contributed by atoms with Gasteiger partial charge in [-0.3, -0.25) is 10.2 Å². The van der Waals surface area contributed by atoms with Crippen LogP contribution in [0.1, 0.15) is 33.7 Å². The number of thiazole rings is 1. The van der Waals surface area contributed by atoms with E-state index in [9.17, 15) is 4.79 Å². The van der Waals surface area contributed by atoms with Gasteiger partial charge in [-0.25, -0.2) is 9.88 Å². The van der Waals surface area contributed by atoms with Gasteiger partial charge < -0.3 is 0 Å². The molecule has 0 saturated carbocycles. The molecule has 0 bridgehead atoms. The fourth-order valence-electron chi connectivity index (χ4n) is 3.03. The van der Waals surface area contributed by atoms with Crippen molar-refractivity contribution in [2.75, 3.05) is 4.90 Å². The van der Waals surface area contributed by atoms with Gasteiger partial charge >= 0.3 is 0 Å². The summed E-state index contributed by atoms with van der Waals surface area (Å²) in [7, 11) is 0. The molecule has 2 heterocycles. The lowest BCUT2D eigenvalue weighted by Gasteiger charge is -2.11. The van der Waals surface area contributed by atoms with Crippen LogP contribution < -0.4 is 4.90 Å². The third-order valence-corrected chi connectivity index (χ3v) is 6.62. The first-order chi connectivity index (χ1) is 13.2. The normalized spacial score (nSPS) is 16.9. The lowest BCUT2D eigenvalue weighted by molar-refractivity contribution is -0.117. The van der Waals surface area contributed by atoms with E-state index >= 15 is 0 Å². The Morgan fingerprint density at radius 3 is 2.48 bits per heavy atom. The van der Waals surface area contributed by atoms with Gasteiger partial charge in [-0.1, -0.05) is 73.3 Å². The number of carbonyl (C=O) groups is 1. The second-order valence-corrected chi connectivity index (χ2v) is 8.53. The Kier molecular flexibility index (Phi) is 5.09. The Morgan fingerprint density at radius 1 is 1.07 bits per heavy atom. The highest BCUT2D eigenvalue weighted by Gasteiger charge is 2.40. The molecule has 1 amide bonds. The molecule has 1 aliphatic rings. The van der Waals surface area contributed by atoms with Gasteiger partial charge in [0.1, 0.15) is 5.25 Å². The first kappa shape index (κ1) is 17.9. The van der Waals surface area contributed by atoms with E-state index in [0.717, 1.165) is 23.3 Å². The summed E-state index contributed by atoms with van der Waals surface area (Å²) >= 11 is 2.75. The second-order valence-electron chi connectivity index (χ2n) is 6.34. The summed E-state index contributed by atoms with van der Waals surface area (Å²) in [6.07, 6.45) is 3.63. The van der Waals surface area contributed by atoms with E-state index in [1.54, 1.807) is 0 Å². The Bertz CT molecular complexity index is 967. The van der Waals surface area contributed by atoms with Crippen molar-refractivity contribution in [3.63, 3.8) is 0 Å². The van der Waals surface area contributed by atoms with Gasteiger partial charge in [0.05, 0.1) is 0 Å². The molecule has 1 atom stereocenters. The number of amidine groups is 1. The molecule has 1 saturated heterocycles. The fraction of sp³-hybridized carbons (Fsp3) is 0.190. The first-order valence-electron chi connectivity index (χ1n) is 8.82. The monoisotopic (exact) mass is 393 g/mol. The van der Waals surface area contributed by atoms with Crippen LogP contribution in [0.2, 0.25) is 0 Å². The zero-order valence-corrected chi connectivity index (χ0v) is 16.5. The number of rotatable bonds is 5. The van der Waals surface area contributed by atoms with Gasteiger partial charge in [-0.15, -0.1) is 11.3 Å². The predicted octanol–water partition coefficient (Wildman–Crippen LogP) is 5.05. The number of aryl methyl sites for hydroxylation is 1. The van der Waals surface area contributed by atoms with Crippen LogP contribution in [0.5, 0.6) is 0 Å². The minimum Gasteiger partial charge on any atom is -0.278 e. The van der Waals surface area contributed by atoms with Crippen molar-refractivity contribution in [3.8, 4) is 0 Å². The van der Waals surface area contributed by atoms with Crippen LogP contribution in [0.3, 0.4) is 0 Å². The van der Waals surface area contributed by atoms with Gasteiger partial charge in [-0.05, 0) is 23.1 Å². The fourth-order valence-corrected chi connectivity index (χ4v) is 5.05. The van der Waals surface area contributed by atoms with E-state index in [-0.39, 0.29) is 16.3 Å². The molecule has 4 rings (SSSR count). The van der Waals surface area contributed by atoms with E-state index < -0.39 is 0 Å². The largest absolute Gasteiger partial charge is 0.278 e. The first-order valence-corrected chi connectivity index (χ1v) is 10.5. The Hall–Kier alpha value is -2.44. The minimum absolute atomic E-state index is 0.0931. The predicted molar refractivity (Wildman–Crippen MR) is 113 cm³/mol. The van der Waals surface area contributed by atoms with E-state index in [2.05, 4.69) is 36.2 Å². The van der Waals surface area contributed by atoms with Crippen molar-refractivity contribution in [1.29, 1.82) is 5.41 Å². The van der Waals surface area contributed by atoms with E-state index in [0.29, 0.717) is 5.13 Å². The van der Waals surface area contributed by atoms with Crippen LogP contribution in [-0.4, -0.2) is 16.1 Å². The summed E-state index contributed by atoms with van der Waals surface area (Å²) in [4.78, 5) is 19.8. The highest BCUT2D eigenvalue weighted by Crippen LogP contribution is 2.42. The minimum atomic E-state index is -0.368. The molecule has 1 fully saturated rings. The van der Waals surface area contributed by atoms with Crippen LogP contribution in [0.25, 0.3) is 0 Å². The third-order valence-electron chi connectivity index (χ3n) is 4.52. The molecule has 0 radical (unpaired) electrons. The van der Waals surface area contributed by atoms with Gasteiger partial charge in [0.2, 0.25) is 0 Å². The molecule has 3 aromatic rings. The molecular weight excluding hydrogens is 374 g/mol. The number of carbonyl (C=O) groups excluding carboxylic acids is 1. The topological polar surface area (TPSA) is 57.1 Å². The number of thioether (sulfide) groups is 1. The van der Waals surface area contributed by atoms with Crippen molar-refractivity contribution in [1.82, 2.24) is 4.98 Å². The number of hydrogen-bond acceptors (Lipinski definition) is 5. The van der Waals surface area contributed by atoms with Crippen LogP contribution in [0.15, 0.2) is 60.8 Å². The van der Waals surface area contributed by atoms with E-state index in [1.807, 2.05) is 36.5 Å². The molecule has 27 heavy (non-hydrogen) atoms. The van der Waals surface area contributed by atoms with E-state index in [4.69, 9.17) is 5.41 Å². The van der Waals surface area contributed by atoms with Gasteiger partial charge in [-0.2, -0.15) is 0 Å². The molecule has 4 nitrogen and oxygen atoms in total. The van der Waals surface area contributed by atoms with Gasteiger partial charge in [0, 0.05) is 17.5 Å². The number of benzene rings is 2. The molecule has 0 spiro atoms. The Morgan fingerprint density at radius 2 is 1.78 bits per heavy atom. The molecule has 6 heteroatoms. The highest BCUT2D eigenvalue weighted by atomic mass is 32.2. The van der Waals surface area contributed by atoms with Crippen LogP contribution in [-0.2, 0) is 17.6 Å². The Balaban J connectivity index is 1.52. The zero-order valence-electron chi connectivity index (χ0n) is 14.9. The number of nitrogens with zero attached hydrogens (tertiary/aromatic N) is 2.